The van der Waals surface area contributed by atoms with Crippen LogP contribution in [-0.4, -0.2) is 13.3 Å². The van der Waals surface area contributed by atoms with Crippen LogP contribution >= 0.6 is 11.8 Å². The van der Waals surface area contributed by atoms with Crippen LogP contribution in [0.15, 0.2) is 30.0 Å². The molecule has 1 rings (SSSR count). The van der Waals surface area contributed by atoms with Gasteiger partial charge in [0.1, 0.15) is 0 Å². The van der Waals surface area contributed by atoms with E-state index < -0.39 is 0 Å². The van der Waals surface area contributed by atoms with Crippen molar-refractivity contribution in [2.75, 3.05) is 19.0 Å². The predicted octanol–water partition coefficient (Wildman–Crippen LogP) is 2.54. The average Bonchev–Trinajstić information content (AvgIpc) is 2.21. The number of nitrogen functional groups attached to an aromatic ring is 1. The molecule has 2 nitrogen and oxygen atoms in total. The van der Waals surface area contributed by atoms with Crippen LogP contribution in [0, 0.1) is 0 Å². The Balaban J connectivity index is 3.08. The highest BCUT2D eigenvalue weighted by Crippen LogP contribution is 2.27. The van der Waals surface area contributed by atoms with Gasteiger partial charge in [0.25, 0.3) is 0 Å². The molecular formula is C11H16N2S. The van der Waals surface area contributed by atoms with Crippen molar-refractivity contribution in [2.45, 2.75) is 6.92 Å². The number of allylic oxidation sites excluding steroid dienone is 1. The molecule has 0 aliphatic heterocycles. The molecule has 0 unspecified atom stereocenters. The van der Waals surface area contributed by atoms with E-state index in [0.29, 0.717) is 0 Å². The molecule has 1 aromatic rings. The van der Waals surface area contributed by atoms with E-state index >= 15 is 0 Å². The van der Waals surface area contributed by atoms with Crippen LogP contribution in [0.4, 0.5) is 5.69 Å². The number of thioether (sulfide) groups is 1. The van der Waals surface area contributed by atoms with E-state index in [0.717, 1.165) is 5.69 Å². The van der Waals surface area contributed by atoms with Gasteiger partial charge in [0.2, 0.25) is 0 Å². The molecule has 3 heteroatoms. The van der Waals surface area contributed by atoms with E-state index in [-0.39, 0.29) is 0 Å². The predicted molar refractivity (Wildman–Crippen MR) is 66.0 cm³/mol. The second-order valence-electron chi connectivity index (χ2n) is 3.03. The van der Waals surface area contributed by atoms with Gasteiger partial charge in [0.15, 0.2) is 0 Å². The van der Waals surface area contributed by atoms with Crippen molar-refractivity contribution in [2.24, 2.45) is 0 Å². The van der Waals surface area contributed by atoms with Gasteiger partial charge in [0, 0.05) is 23.3 Å². The molecule has 14 heavy (non-hydrogen) atoms. The van der Waals surface area contributed by atoms with Gasteiger partial charge in [-0.05, 0) is 30.9 Å². The van der Waals surface area contributed by atoms with Gasteiger partial charge in [-0.2, -0.15) is 0 Å². The van der Waals surface area contributed by atoms with Gasteiger partial charge in [-0.1, -0.05) is 12.1 Å². The van der Waals surface area contributed by atoms with Gasteiger partial charge in [-0.25, -0.2) is 0 Å². The maximum atomic E-state index is 5.64. The summed E-state index contributed by atoms with van der Waals surface area (Å²) in [7, 11) is 1.93. The quantitative estimate of drug-likeness (QED) is 0.750. The van der Waals surface area contributed by atoms with Crippen LogP contribution in [0.5, 0.6) is 0 Å². The van der Waals surface area contributed by atoms with Crippen LogP contribution in [-0.2, 0) is 0 Å². The summed E-state index contributed by atoms with van der Waals surface area (Å²) in [4.78, 5) is 1.26. The van der Waals surface area contributed by atoms with Crippen molar-refractivity contribution in [3.63, 3.8) is 0 Å². The van der Waals surface area contributed by atoms with Crippen molar-refractivity contribution < 1.29 is 0 Å². The zero-order valence-electron chi connectivity index (χ0n) is 8.79. The molecular weight excluding hydrogens is 192 g/mol. The number of rotatable bonds is 3. The summed E-state index contributed by atoms with van der Waals surface area (Å²) in [5, 5.41) is 3.16. The number of nitrogens with one attached hydrogen (secondary N) is 1. The molecule has 0 radical (unpaired) electrons. The van der Waals surface area contributed by atoms with Crippen molar-refractivity contribution in [3.8, 4) is 0 Å². The highest BCUT2D eigenvalue weighted by atomic mass is 32.2. The number of benzene rings is 1. The summed E-state index contributed by atoms with van der Waals surface area (Å²) < 4.78 is 0. The van der Waals surface area contributed by atoms with Crippen LogP contribution in [0.3, 0.4) is 0 Å². The summed E-state index contributed by atoms with van der Waals surface area (Å²) in [5.74, 6) is 0. The molecule has 1 aromatic carbocycles. The van der Waals surface area contributed by atoms with Crippen LogP contribution < -0.4 is 11.1 Å². The minimum Gasteiger partial charge on any atom is -0.399 e. The number of nitrogens with two attached hydrogens (primary N) is 1. The lowest BCUT2D eigenvalue weighted by Gasteiger charge is -2.09. The number of hydrogen-bond acceptors (Lipinski definition) is 3. The van der Waals surface area contributed by atoms with Gasteiger partial charge in [0.05, 0.1) is 0 Å². The topological polar surface area (TPSA) is 38.0 Å². The second-order valence-corrected chi connectivity index (χ2v) is 3.85. The molecule has 0 aliphatic rings. The van der Waals surface area contributed by atoms with Gasteiger partial charge >= 0.3 is 0 Å². The first kappa shape index (κ1) is 11.0. The first-order chi connectivity index (χ1) is 6.69. The maximum absolute atomic E-state index is 5.64. The Hall–Kier alpha value is -1.09. The Kier molecular flexibility index (Phi) is 3.89. The fraction of sp³-hybridized carbons (Fsp3) is 0.273. The van der Waals surface area contributed by atoms with Crippen LogP contribution in [0.25, 0.3) is 4.91 Å². The van der Waals surface area contributed by atoms with E-state index in [4.69, 9.17) is 5.73 Å². The molecule has 0 atom stereocenters. The zero-order valence-corrected chi connectivity index (χ0v) is 9.61. The largest absolute Gasteiger partial charge is 0.399 e. The second kappa shape index (κ2) is 4.96. The molecule has 0 aliphatic carbocycles. The Morgan fingerprint density at radius 3 is 2.29 bits per heavy atom. The van der Waals surface area contributed by atoms with Crippen molar-refractivity contribution >= 4 is 22.4 Å². The maximum Gasteiger partial charge on any atom is 0.0328 e. The Morgan fingerprint density at radius 1 is 1.29 bits per heavy atom. The minimum absolute atomic E-state index is 0.802. The molecule has 3 N–H and O–H groups in total. The summed E-state index contributed by atoms with van der Waals surface area (Å²) in [6.45, 7) is 2.07. The Morgan fingerprint density at radius 2 is 1.86 bits per heavy atom. The zero-order chi connectivity index (χ0) is 10.6. The standard InChI is InChI=1S/C11H16N2S/c1-8(13-2)11(14-3)9-4-6-10(12)7-5-9/h4-7,13H,12H2,1-3H3/b11-8-. The fourth-order valence-corrected chi connectivity index (χ4v) is 2.02. The fourth-order valence-electron chi connectivity index (χ4n) is 1.24. The normalized spacial score (nSPS) is 12.2. The molecule has 0 bridgehead atoms. The SMILES string of the molecule is CN/C(C)=C(\SC)c1ccc(N)cc1. The molecule has 76 valence electrons. The Labute approximate surface area is 89.6 Å². The van der Waals surface area contributed by atoms with Crippen molar-refractivity contribution in [1.82, 2.24) is 5.32 Å². The highest BCUT2D eigenvalue weighted by Gasteiger charge is 2.03. The summed E-state index contributed by atoms with van der Waals surface area (Å²) in [6, 6.07) is 7.94. The summed E-state index contributed by atoms with van der Waals surface area (Å²) >= 11 is 1.74. The molecule has 0 fully saturated rings. The van der Waals surface area contributed by atoms with Crippen LogP contribution in [0.2, 0.25) is 0 Å². The molecule has 0 spiro atoms. The minimum atomic E-state index is 0.802. The molecule has 0 aromatic heterocycles. The average molecular weight is 208 g/mol. The number of anilines is 1. The van der Waals surface area contributed by atoms with Gasteiger partial charge < -0.3 is 11.1 Å². The van der Waals surface area contributed by atoms with Crippen LogP contribution in [0.1, 0.15) is 12.5 Å². The monoisotopic (exact) mass is 208 g/mol. The first-order valence-electron chi connectivity index (χ1n) is 4.47. The lowest BCUT2D eigenvalue weighted by atomic mass is 10.2. The lowest BCUT2D eigenvalue weighted by molar-refractivity contribution is 1.000. The molecule has 0 saturated carbocycles. The summed E-state index contributed by atoms with van der Waals surface area (Å²) in [5.41, 5.74) is 8.83. The molecule has 0 amide bonds. The lowest BCUT2D eigenvalue weighted by Crippen LogP contribution is -2.03. The smallest absolute Gasteiger partial charge is 0.0328 e. The third kappa shape index (κ3) is 2.45. The van der Waals surface area contributed by atoms with E-state index in [1.54, 1.807) is 11.8 Å². The van der Waals surface area contributed by atoms with E-state index in [2.05, 4.69) is 18.5 Å². The van der Waals surface area contributed by atoms with E-state index in [1.165, 1.54) is 16.2 Å². The Bertz CT molecular complexity index is 328. The van der Waals surface area contributed by atoms with Crippen molar-refractivity contribution in [1.29, 1.82) is 0 Å². The summed E-state index contributed by atoms with van der Waals surface area (Å²) in [6.07, 6.45) is 2.08. The highest BCUT2D eigenvalue weighted by molar-refractivity contribution is 8.07. The van der Waals surface area contributed by atoms with Crippen molar-refractivity contribution in [3.05, 3.63) is 35.5 Å². The van der Waals surface area contributed by atoms with Gasteiger partial charge in [-0.15, -0.1) is 11.8 Å². The first-order valence-corrected chi connectivity index (χ1v) is 5.70. The van der Waals surface area contributed by atoms with E-state index in [1.807, 2.05) is 31.3 Å². The molecule has 0 heterocycles. The third-order valence-corrected chi connectivity index (χ3v) is 3.04. The van der Waals surface area contributed by atoms with E-state index in [9.17, 15) is 0 Å². The number of hydrogen-bond donors (Lipinski definition) is 2. The third-order valence-electron chi connectivity index (χ3n) is 2.09. The molecule has 0 saturated heterocycles. The van der Waals surface area contributed by atoms with Gasteiger partial charge in [-0.3, -0.25) is 0 Å².